The molecule has 0 aromatic carbocycles. The molecule has 0 bridgehead atoms. The van der Waals surface area contributed by atoms with Gasteiger partial charge >= 0.3 is 0 Å². The van der Waals surface area contributed by atoms with Crippen LogP contribution in [0.1, 0.15) is 5.69 Å². The first-order valence-electron chi connectivity index (χ1n) is 1.92. The Hall–Kier alpha value is -0.0200. The summed E-state index contributed by atoms with van der Waals surface area (Å²) in [6.07, 6.45) is 0. The maximum Gasteiger partial charge on any atom is 0.242 e. The number of thiazole rings is 1. The van der Waals surface area contributed by atoms with Gasteiger partial charge in [0.15, 0.2) is 5.38 Å². The van der Waals surface area contributed by atoms with Crippen molar-refractivity contribution >= 4 is 21.2 Å². The van der Waals surface area contributed by atoms with Crippen molar-refractivity contribution in [2.24, 2.45) is 0 Å². The number of nitrogens with zero attached hydrogens (tertiary/aromatic N) is 1. The van der Waals surface area contributed by atoms with E-state index in [4.69, 9.17) is 0 Å². The van der Waals surface area contributed by atoms with Crippen LogP contribution < -0.4 is 0 Å². The fraction of sp³-hybridized carbons (Fsp3) is 0.250. The molecule has 7 heavy (non-hydrogen) atoms. The highest BCUT2D eigenvalue weighted by atomic mass is 33.1. The molecule has 1 heterocycles. The first-order valence-corrected chi connectivity index (χ1v) is 4.33. The lowest BCUT2D eigenvalue weighted by Crippen LogP contribution is -1.59. The Kier molecular flexibility index (Phi) is 1.35. The van der Waals surface area contributed by atoms with Crippen LogP contribution in [0.4, 0.5) is 0 Å². The van der Waals surface area contributed by atoms with Gasteiger partial charge < -0.3 is 0 Å². The first-order chi connectivity index (χ1) is 3.29. The molecule has 0 saturated carbocycles. The Morgan fingerprint density at radius 3 is 2.71 bits per heavy atom. The van der Waals surface area contributed by atoms with E-state index in [9.17, 15) is 0 Å². The topological polar surface area (TPSA) is 12.9 Å². The van der Waals surface area contributed by atoms with Crippen LogP contribution in [0.2, 0.25) is 0 Å². The van der Waals surface area contributed by atoms with Gasteiger partial charge in [-0.05, 0) is 6.92 Å². The highest BCUT2D eigenvalue weighted by Crippen LogP contribution is 2.19. The second-order valence-electron chi connectivity index (χ2n) is 1.34. The maximum absolute atomic E-state index is 4.15. The summed E-state index contributed by atoms with van der Waals surface area (Å²) >= 11 is 4.15. The zero-order valence-corrected chi connectivity index (χ0v) is 5.67. The average Bonchev–Trinajstić information content (AvgIpc) is 1.87. The van der Waals surface area contributed by atoms with Gasteiger partial charge in [0.1, 0.15) is 11.7 Å². The molecule has 1 unspecified atom stereocenters. The van der Waals surface area contributed by atoms with Crippen LogP contribution in [0.5, 0.6) is 0 Å². The monoisotopic (exact) mass is 132 g/mol. The zero-order chi connectivity index (χ0) is 5.28. The van der Waals surface area contributed by atoms with Gasteiger partial charge in [0.2, 0.25) is 5.51 Å². The summed E-state index contributed by atoms with van der Waals surface area (Å²) in [5.41, 5.74) is 2.93. The molecule has 0 aliphatic heterocycles. The molecule has 0 saturated heterocycles. The Morgan fingerprint density at radius 2 is 2.57 bits per heavy atom. The van der Waals surface area contributed by atoms with Crippen molar-refractivity contribution < 1.29 is 0 Å². The van der Waals surface area contributed by atoms with Crippen molar-refractivity contribution in [3.8, 4) is 0 Å². The van der Waals surface area contributed by atoms with E-state index >= 15 is 0 Å². The van der Waals surface area contributed by atoms with Crippen LogP contribution >= 0.6 is 21.2 Å². The zero-order valence-electron chi connectivity index (χ0n) is 3.96. The van der Waals surface area contributed by atoms with E-state index in [2.05, 4.69) is 16.6 Å². The van der Waals surface area contributed by atoms with Crippen molar-refractivity contribution in [1.29, 1.82) is 0 Å². The Labute approximate surface area is 50.2 Å². The van der Waals surface area contributed by atoms with Crippen molar-refractivity contribution in [1.82, 2.24) is 4.98 Å². The fourth-order valence-electron chi connectivity index (χ4n) is 0.373. The molecule has 0 N–H and O–H groups in total. The summed E-state index contributed by atoms with van der Waals surface area (Å²) in [6, 6.07) is 0. The second kappa shape index (κ2) is 1.84. The van der Waals surface area contributed by atoms with Crippen LogP contribution in [0.25, 0.3) is 0 Å². The molecule has 1 nitrogen and oxygen atoms in total. The van der Waals surface area contributed by atoms with Gasteiger partial charge in [-0.3, -0.25) is 0 Å². The molecule has 0 fully saturated rings. The summed E-state index contributed by atoms with van der Waals surface area (Å²) in [7, 11) is 0.0378. The maximum atomic E-state index is 4.15. The van der Waals surface area contributed by atoms with E-state index in [-0.39, 0.29) is 9.50 Å². The quantitative estimate of drug-likeness (QED) is 0.323. The summed E-state index contributed by atoms with van der Waals surface area (Å²) < 4.78 is 0. The molecule has 0 aliphatic carbocycles. The molecule has 0 spiro atoms. The van der Waals surface area contributed by atoms with Gasteiger partial charge in [-0.1, -0.05) is 0 Å². The molecule has 1 aromatic rings. The summed E-state index contributed by atoms with van der Waals surface area (Å²) in [5.74, 6) is 0. The molecule has 38 valence electrons. The molecule has 1 aromatic heterocycles. The first kappa shape index (κ1) is 5.12. The molecular formula is C4H6NS2+. The van der Waals surface area contributed by atoms with Gasteiger partial charge in [-0.25, -0.2) is 4.98 Å². The molecule has 1 rings (SSSR count). The molecule has 0 aliphatic rings. The third kappa shape index (κ3) is 1.17. The van der Waals surface area contributed by atoms with Crippen LogP contribution in [0.3, 0.4) is 0 Å². The largest absolute Gasteiger partial charge is 0.242 e. The number of hydrogen-bond acceptors (Lipinski definition) is 2. The highest BCUT2D eigenvalue weighted by Gasteiger charge is 1.96. The van der Waals surface area contributed by atoms with Gasteiger partial charge in [0, 0.05) is 0 Å². The predicted molar refractivity (Wildman–Crippen MR) is 35.8 cm³/mol. The molecular weight excluding hydrogens is 126 g/mol. The summed E-state index contributed by atoms with van der Waals surface area (Å²) in [5, 5.41) is 2.03. The summed E-state index contributed by atoms with van der Waals surface area (Å²) in [4.78, 5) is 3.99. The van der Waals surface area contributed by atoms with Crippen LogP contribution in [-0.4, -0.2) is 4.98 Å². The molecule has 1 atom stereocenters. The number of aromatic nitrogens is 1. The minimum absolute atomic E-state index is 0.0378. The van der Waals surface area contributed by atoms with E-state index in [1.165, 1.54) is 0 Å². The van der Waals surface area contributed by atoms with E-state index in [0.29, 0.717) is 0 Å². The standard InChI is InChI=1S/C4H6NS2/c1-4-2-7(6)3-5-4/h2-3,6H,1H3/q+1. The van der Waals surface area contributed by atoms with E-state index in [0.717, 1.165) is 5.69 Å². The van der Waals surface area contributed by atoms with Crippen molar-refractivity contribution in [2.75, 3.05) is 0 Å². The Morgan fingerprint density at radius 1 is 1.86 bits per heavy atom. The van der Waals surface area contributed by atoms with Gasteiger partial charge in [-0.15, -0.1) is 0 Å². The molecule has 0 amide bonds. The van der Waals surface area contributed by atoms with E-state index in [1.54, 1.807) is 0 Å². The smallest absolute Gasteiger partial charge is 0.204 e. The van der Waals surface area contributed by atoms with Crippen molar-refractivity contribution in [3.05, 3.63) is 16.6 Å². The third-order valence-electron chi connectivity index (χ3n) is 0.656. The fourth-order valence-corrected chi connectivity index (χ4v) is 1.72. The van der Waals surface area contributed by atoms with Gasteiger partial charge in [0.25, 0.3) is 0 Å². The highest BCUT2D eigenvalue weighted by molar-refractivity contribution is 8.33. The van der Waals surface area contributed by atoms with E-state index in [1.807, 2.05) is 17.8 Å². The van der Waals surface area contributed by atoms with Crippen LogP contribution in [0.15, 0.2) is 10.9 Å². The van der Waals surface area contributed by atoms with Crippen LogP contribution in [0, 0.1) is 6.92 Å². The van der Waals surface area contributed by atoms with Gasteiger partial charge in [0.05, 0.1) is 15.2 Å². The number of thiol groups is 1. The van der Waals surface area contributed by atoms with E-state index < -0.39 is 0 Å². The lowest BCUT2D eigenvalue weighted by molar-refractivity contribution is 1.27. The third-order valence-corrected chi connectivity index (χ3v) is 2.16. The molecule has 0 radical (unpaired) electrons. The minimum Gasteiger partial charge on any atom is -0.204 e. The number of rotatable bonds is 0. The second-order valence-corrected chi connectivity index (χ2v) is 3.75. The van der Waals surface area contributed by atoms with Crippen LogP contribution in [-0.2, 0) is 0 Å². The summed E-state index contributed by atoms with van der Waals surface area (Å²) in [6.45, 7) is 1.97. The average molecular weight is 132 g/mol. The van der Waals surface area contributed by atoms with Gasteiger partial charge in [-0.2, -0.15) is 0 Å². The minimum atomic E-state index is 0.0378. The van der Waals surface area contributed by atoms with Crippen molar-refractivity contribution in [2.45, 2.75) is 6.92 Å². The molecule has 3 heteroatoms. The lowest BCUT2D eigenvalue weighted by atomic mass is 10.6. The van der Waals surface area contributed by atoms with Crippen molar-refractivity contribution in [3.63, 3.8) is 0 Å². The number of aryl methyl sites for hydroxylation is 1. The number of hydrogen-bond donors (Lipinski definition) is 1. The predicted octanol–water partition coefficient (Wildman–Crippen LogP) is 1.83. The normalized spacial score (nSPS) is 12.0. The Balaban J connectivity index is 3.04. The lowest BCUT2D eigenvalue weighted by Gasteiger charge is -1.60. The SMILES string of the molecule is Cc1c[s+](S)cn1. The Bertz CT molecular complexity index is 142.